The molecule has 2 N–H and O–H groups in total. The predicted molar refractivity (Wildman–Crippen MR) is 87.8 cm³/mol. The van der Waals surface area contributed by atoms with E-state index in [1.54, 1.807) is 0 Å². The monoisotopic (exact) mass is 329 g/mol. The van der Waals surface area contributed by atoms with Crippen molar-refractivity contribution in [3.05, 3.63) is 62.8 Å². The van der Waals surface area contributed by atoms with Crippen LogP contribution in [0.25, 0.3) is 5.78 Å². The van der Waals surface area contributed by atoms with Crippen LogP contribution in [0.3, 0.4) is 0 Å². The molecule has 0 bridgehead atoms. The van der Waals surface area contributed by atoms with Gasteiger partial charge in [0.1, 0.15) is 6.33 Å². The van der Waals surface area contributed by atoms with Gasteiger partial charge < -0.3 is 10.3 Å². The number of fused-ring (bicyclic) bond motifs is 1. The van der Waals surface area contributed by atoms with E-state index in [1.165, 1.54) is 10.8 Å². The van der Waals surface area contributed by atoms with Gasteiger partial charge in [-0.25, -0.2) is 0 Å². The topological polar surface area (TPSA) is 75.1 Å². The number of benzene rings is 1. The summed E-state index contributed by atoms with van der Waals surface area (Å²) in [6, 6.07) is 7.74. The zero-order valence-electron chi connectivity index (χ0n) is 12.4. The number of rotatable bonds is 3. The summed E-state index contributed by atoms with van der Waals surface area (Å²) in [5, 5.41) is 8.13. The summed E-state index contributed by atoms with van der Waals surface area (Å²) in [6.07, 6.45) is 4.01. The average Bonchev–Trinajstić information content (AvgIpc) is 3.21. The second-order valence-electron chi connectivity index (χ2n) is 5.77. The second-order valence-corrected chi connectivity index (χ2v) is 6.21. The van der Waals surface area contributed by atoms with Gasteiger partial charge in [0.2, 0.25) is 5.78 Å². The van der Waals surface area contributed by atoms with Gasteiger partial charge >= 0.3 is 0 Å². The lowest BCUT2D eigenvalue weighted by atomic mass is 10.00. The van der Waals surface area contributed by atoms with Crippen molar-refractivity contribution in [1.29, 1.82) is 0 Å². The Kier molecular flexibility index (Phi) is 3.63. The van der Waals surface area contributed by atoms with Crippen LogP contribution in [-0.4, -0.2) is 26.1 Å². The molecule has 4 rings (SSSR count). The minimum absolute atomic E-state index is 0.125. The number of hydrogen-bond acceptors (Lipinski definition) is 4. The molecule has 6 nitrogen and oxygen atoms in total. The zero-order valence-corrected chi connectivity index (χ0v) is 13.2. The molecule has 2 aromatic heterocycles. The Morgan fingerprint density at radius 2 is 2.30 bits per heavy atom. The van der Waals surface area contributed by atoms with Gasteiger partial charge in [-0.1, -0.05) is 23.7 Å². The fourth-order valence-corrected chi connectivity index (χ4v) is 3.38. The van der Waals surface area contributed by atoms with Gasteiger partial charge in [-0.2, -0.15) is 14.6 Å². The Hall–Kier alpha value is -2.18. The summed E-state index contributed by atoms with van der Waals surface area (Å²) < 4.78 is 1.32. The summed E-state index contributed by atoms with van der Waals surface area (Å²) in [6.45, 7) is 0.959. The number of nitrogens with zero attached hydrogens (tertiary/aromatic N) is 3. The molecule has 0 aliphatic carbocycles. The maximum Gasteiger partial charge on any atom is 0.279 e. The van der Waals surface area contributed by atoms with Gasteiger partial charge in [0.25, 0.3) is 5.56 Å². The number of nitrogens with one attached hydrogen (secondary N) is 2. The van der Waals surface area contributed by atoms with Gasteiger partial charge in [0, 0.05) is 28.7 Å². The first-order valence-corrected chi connectivity index (χ1v) is 8.03. The lowest BCUT2D eigenvalue weighted by Crippen LogP contribution is -2.27. The van der Waals surface area contributed by atoms with Crippen molar-refractivity contribution in [2.75, 3.05) is 6.54 Å². The number of aromatic amines is 1. The van der Waals surface area contributed by atoms with Gasteiger partial charge in [-0.05, 0) is 37.1 Å². The molecule has 1 aromatic carbocycles. The maximum atomic E-state index is 12.8. The van der Waals surface area contributed by atoms with Gasteiger partial charge in [0.15, 0.2) is 0 Å². The van der Waals surface area contributed by atoms with Crippen LogP contribution in [0.2, 0.25) is 5.02 Å². The fraction of sp³-hybridized carbons (Fsp3) is 0.312. The molecule has 1 aliphatic heterocycles. The van der Waals surface area contributed by atoms with E-state index in [9.17, 15) is 4.79 Å². The molecule has 118 valence electrons. The maximum absolute atomic E-state index is 12.8. The van der Waals surface area contributed by atoms with E-state index in [-0.39, 0.29) is 11.6 Å². The van der Waals surface area contributed by atoms with Crippen LogP contribution < -0.4 is 10.9 Å². The Morgan fingerprint density at radius 3 is 3.09 bits per heavy atom. The lowest BCUT2D eigenvalue weighted by molar-refractivity contribution is 0.615. The first kappa shape index (κ1) is 14.4. The molecule has 0 unspecified atom stereocenters. The average molecular weight is 330 g/mol. The van der Waals surface area contributed by atoms with E-state index in [2.05, 4.69) is 20.4 Å². The molecular weight excluding hydrogens is 314 g/mol. The Labute approximate surface area is 137 Å². The van der Waals surface area contributed by atoms with E-state index in [1.807, 2.05) is 24.3 Å². The van der Waals surface area contributed by atoms with Crippen molar-refractivity contribution in [3.8, 4) is 0 Å². The number of halogens is 1. The quantitative estimate of drug-likeness (QED) is 0.771. The van der Waals surface area contributed by atoms with Crippen molar-refractivity contribution < 1.29 is 0 Å². The van der Waals surface area contributed by atoms with E-state index in [0.29, 0.717) is 22.8 Å². The highest BCUT2D eigenvalue weighted by Crippen LogP contribution is 2.25. The first-order valence-electron chi connectivity index (χ1n) is 7.65. The van der Waals surface area contributed by atoms with Crippen LogP contribution in [0.5, 0.6) is 0 Å². The van der Waals surface area contributed by atoms with Crippen molar-refractivity contribution in [2.24, 2.45) is 0 Å². The third-order valence-corrected chi connectivity index (χ3v) is 4.48. The Morgan fingerprint density at radius 1 is 1.39 bits per heavy atom. The van der Waals surface area contributed by atoms with Crippen LogP contribution in [0.1, 0.15) is 35.7 Å². The van der Waals surface area contributed by atoms with Crippen LogP contribution >= 0.6 is 11.6 Å². The van der Waals surface area contributed by atoms with Gasteiger partial charge in [0.05, 0.1) is 0 Å². The fourth-order valence-electron chi connectivity index (χ4n) is 3.16. The number of aromatic nitrogens is 4. The molecule has 1 aliphatic rings. The molecule has 1 atom stereocenters. The zero-order chi connectivity index (χ0) is 15.8. The largest absolute Gasteiger partial charge is 0.326 e. The molecule has 23 heavy (non-hydrogen) atoms. The van der Waals surface area contributed by atoms with E-state index < -0.39 is 0 Å². The Bertz CT molecular complexity index is 910. The normalized spacial score (nSPS) is 17.9. The molecule has 1 fully saturated rings. The van der Waals surface area contributed by atoms with Crippen LogP contribution in [-0.2, 0) is 6.42 Å². The minimum atomic E-state index is -0.125. The number of hydrogen-bond donors (Lipinski definition) is 2. The third-order valence-electron chi connectivity index (χ3n) is 4.25. The lowest BCUT2D eigenvalue weighted by Gasteiger charge is -2.15. The molecule has 0 radical (unpaired) electrons. The van der Waals surface area contributed by atoms with Crippen molar-refractivity contribution in [1.82, 2.24) is 24.9 Å². The third kappa shape index (κ3) is 2.64. The van der Waals surface area contributed by atoms with Gasteiger partial charge in [-0.3, -0.25) is 4.79 Å². The summed E-state index contributed by atoms with van der Waals surface area (Å²) in [7, 11) is 0. The van der Waals surface area contributed by atoms with Crippen LogP contribution in [0, 0.1) is 0 Å². The van der Waals surface area contributed by atoms with Crippen LogP contribution in [0.4, 0.5) is 0 Å². The molecule has 1 saturated heterocycles. The summed E-state index contributed by atoms with van der Waals surface area (Å²) in [5.41, 5.74) is 2.50. The smallest absolute Gasteiger partial charge is 0.279 e. The van der Waals surface area contributed by atoms with Crippen molar-refractivity contribution in [3.63, 3.8) is 0 Å². The summed E-state index contributed by atoms with van der Waals surface area (Å²) in [5.74, 6) is 0.480. The molecule has 0 amide bonds. The molecule has 3 aromatic rings. The standard InChI is InChI=1S/C16H16ClN5O/c17-11-4-1-3-10(7-11)8-12-14(13-5-2-6-18-13)21-16-19-9-20-22(16)15(12)23/h1,3-4,7,9,13,18H,2,5-6,8H2,(H,19,20,21)/t13-/m0/s1. The molecule has 7 heteroatoms. The van der Waals surface area contributed by atoms with Crippen LogP contribution in [0.15, 0.2) is 35.4 Å². The minimum Gasteiger partial charge on any atom is -0.326 e. The highest BCUT2D eigenvalue weighted by Gasteiger charge is 2.23. The van der Waals surface area contributed by atoms with Crippen molar-refractivity contribution in [2.45, 2.75) is 25.3 Å². The first-order chi connectivity index (χ1) is 11.2. The Balaban J connectivity index is 1.86. The SMILES string of the molecule is O=c1c(Cc2cccc(Cl)c2)c([C@@H]2CCCN2)[nH]c2ncnn12. The van der Waals surface area contributed by atoms with E-state index in [0.717, 1.165) is 30.6 Å². The highest BCUT2D eigenvalue weighted by molar-refractivity contribution is 6.30. The van der Waals surface area contributed by atoms with Crippen molar-refractivity contribution >= 4 is 17.4 Å². The van der Waals surface area contributed by atoms with E-state index in [4.69, 9.17) is 11.6 Å². The predicted octanol–water partition coefficient (Wildman–Crippen LogP) is 2.09. The molecule has 0 saturated carbocycles. The molecular formula is C16H16ClN5O. The van der Waals surface area contributed by atoms with Gasteiger partial charge in [-0.15, -0.1) is 0 Å². The number of H-pyrrole nitrogens is 1. The molecule has 0 spiro atoms. The summed E-state index contributed by atoms with van der Waals surface area (Å²) >= 11 is 6.07. The second kappa shape index (κ2) is 5.79. The highest BCUT2D eigenvalue weighted by atomic mass is 35.5. The van der Waals surface area contributed by atoms with E-state index >= 15 is 0 Å². The summed E-state index contributed by atoms with van der Waals surface area (Å²) in [4.78, 5) is 20.2. The molecule has 3 heterocycles.